The highest BCUT2D eigenvalue weighted by Gasteiger charge is 2.29. The molecular formula is C26H29N7. The van der Waals surface area contributed by atoms with Gasteiger partial charge in [0.25, 0.3) is 0 Å². The van der Waals surface area contributed by atoms with Gasteiger partial charge in [-0.25, -0.2) is 15.0 Å². The van der Waals surface area contributed by atoms with E-state index in [1.807, 2.05) is 48.5 Å². The standard InChI is InChI=1S/C26H29N7/c1-2-7-23(32-16-13-19(27)14-17-32)33-25(20-10-6-15-29-24(20)28)31-22-12-11-21(30-26(22)33)18-8-4-3-5-9-18/h2-6,8-12,15,19,23H,1,7,13-14,16-17,27H2,(H2,28,29). The van der Waals surface area contributed by atoms with Gasteiger partial charge in [-0.2, -0.15) is 0 Å². The average molecular weight is 440 g/mol. The molecule has 1 atom stereocenters. The number of likely N-dealkylation sites (tertiary alicyclic amines) is 1. The van der Waals surface area contributed by atoms with Gasteiger partial charge in [0.1, 0.15) is 17.2 Å². The van der Waals surface area contributed by atoms with Crippen molar-refractivity contribution >= 4 is 17.0 Å². The second kappa shape index (κ2) is 9.13. The van der Waals surface area contributed by atoms with Crippen LogP contribution in [-0.2, 0) is 0 Å². The van der Waals surface area contributed by atoms with E-state index in [-0.39, 0.29) is 12.2 Å². The summed E-state index contributed by atoms with van der Waals surface area (Å²) in [6.45, 7) is 5.88. The highest BCUT2D eigenvalue weighted by Crippen LogP contribution is 2.35. The summed E-state index contributed by atoms with van der Waals surface area (Å²) in [6, 6.07) is 18.4. The van der Waals surface area contributed by atoms with Crippen molar-refractivity contribution < 1.29 is 0 Å². The van der Waals surface area contributed by atoms with Gasteiger partial charge in [0, 0.05) is 30.9 Å². The van der Waals surface area contributed by atoms with Crippen LogP contribution in [0.5, 0.6) is 0 Å². The number of nitrogens with zero attached hydrogens (tertiary/aromatic N) is 5. The maximum Gasteiger partial charge on any atom is 0.162 e. The van der Waals surface area contributed by atoms with Gasteiger partial charge in [-0.1, -0.05) is 36.4 Å². The summed E-state index contributed by atoms with van der Waals surface area (Å²) < 4.78 is 2.22. The molecule has 0 aliphatic carbocycles. The van der Waals surface area contributed by atoms with Crippen molar-refractivity contribution in [1.82, 2.24) is 24.4 Å². The van der Waals surface area contributed by atoms with Crippen molar-refractivity contribution in [3.63, 3.8) is 0 Å². The molecule has 1 aromatic carbocycles. The van der Waals surface area contributed by atoms with Gasteiger partial charge in [0.2, 0.25) is 0 Å². The number of hydrogen-bond donors (Lipinski definition) is 2. The zero-order chi connectivity index (χ0) is 22.8. The molecule has 0 saturated carbocycles. The Morgan fingerprint density at radius 2 is 1.82 bits per heavy atom. The van der Waals surface area contributed by atoms with E-state index in [2.05, 4.69) is 33.2 Å². The fourth-order valence-electron chi connectivity index (χ4n) is 4.61. The number of nitrogens with two attached hydrogens (primary N) is 2. The molecular weight excluding hydrogens is 410 g/mol. The summed E-state index contributed by atoms with van der Waals surface area (Å²) in [5, 5.41) is 0. The second-order valence-corrected chi connectivity index (χ2v) is 8.53. The molecule has 1 unspecified atom stereocenters. The number of hydrogen-bond acceptors (Lipinski definition) is 6. The third-order valence-corrected chi connectivity index (χ3v) is 6.36. The van der Waals surface area contributed by atoms with E-state index in [0.29, 0.717) is 5.82 Å². The van der Waals surface area contributed by atoms with Crippen LogP contribution in [0.2, 0.25) is 0 Å². The number of pyridine rings is 2. The Labute approximate surface area is 193 Å². The van der Waals surface area contributed by atoms with Gasteiger partial charge in [0.05, 0.1) is 17.4 Å². The van der Waals surface area contributed by atoms with E-state index >= 15 is 0 Å². The van der Waals surface area contributed by atoms with Crippen LogP contribution in [0.4, 0.5) is 5.82 Å². The van der Waals surface area contributed by atoms with Gasteiger partial charge in [0.15, 0.2) is 5.65 Å². The first kappa shape index (κ1) is 21.3. The van der Waals surface area contributed by atoms with Crippen molar-refractivity contribution in [1.29, 1.82) is 0 Å². The van der Waals surface area contributed by atoms with E-state index < -0.39 is 0 Å². The van der Waals surface area contributed by atoms with Crippen LogP contribution in [0.15, 0.2) is 73.4 Å². The van der Waals surface area contributed by atoms with Crippen molar-refractivity contribution in [2.75, 3.05) is 18.8 Å². The minimum absolute atomic E-state index is 0.00753. The quantitative estimate of drug-likeness (QED) is 0.436. The number of fused-ring (bicyclic) bond motifs is 1. The van der Waals surface area contributed by atoms with E-state index in [1.54, 1.807) is 6.20 Å². The maximum atomic E-state index is 6.30. The molecule has 7 heteroatoms. The van der Waals surface area contributed by atoms with Crippen molar-refractivity contribution in [3.05, 3.63) is 73.4 Å². The molecule has 1 aliphatic rings. The number of imidazole rings is 1. The maximum absolute atomic E-state index is 6.30. The summed E-state index contributed by atoms with van der Waals surface area (Å²) in [5.74, 6) is 1.23. The van der Waals surface area contributed by atoms with Gasteiger partial charge in [-0.05, 0) is 43.5 Å². The molecule has 1 aliphatic heterocycles. The molecule has 0 amide bonds. The Kier molecular flexibility index (Phi) is 5.90. The van der Waals surface area contributed by atoms with Crippen molar-refractivity contribution in [3.8, 4) is 22.6 Å². The minimum Gasteiger partial charge on any atom is -0.383 e. The summed E-state index contributed by atoms with van der Waals surface area (Å²) in [6.07, 6.45) is 6.35. The SMILES string of the molecule is C=CCC(N1CCC(N)CC1)n1c(-c2cccnc2N)nc2ccc(-c3ccccc3)nc21. The van der Waals surface area contributed by atoms with Crippen molar-refractivity contribution in [2.24, 2.45) is 5.73 Å². The molecule has 1 fully saturated rings. The third kappa shape index (κ3) is 4.13. The molecule has 7 nitrogen and oxygen atoms in total. The molecule has 4 N–H and O–H groups in total. The summed E-state index contributed by atoms with van der Waals surface area (Å²) in [5.41, 5.74) is 16.9. The normalized spacial score (nSPS) is 16.2. The topological polar surface area (TPSA) is 98.9 Å². The Balaban J connectivity index is 1.72. The number of rotatable bonds is 6. The molecule has 5 rings (SSSR count). The highest BCUT2D eigenvalue weighted by atomic mass is 15.3. The van der Waals surface area contributed by atoms with Gasteiger partial charge < -0.3 is 11.5 Å². The van der Waals surface area contributed by atoms with Crippen LogP contribution in [0, 0.1) is 0 Å². The Morgan fingerprint density at radius 3 is 2.55 bits per heavy atom. The summed E-state index contributed by atoms with van der Waals surface area (Å²) in [7, 11) is 0. The fraction of sp³-hybridized carbons (Fsp3) is 0.269. The molecule has 168 valence electrons. The van der Waals surface area contributed by atoms with Crippen LogP contribution >= 0.6 is 0 Å². The first-order valence-corrected chi connectivity index (χ1v) is 11.4. The number of piperidine rings is 1. The number of benzene rings is 1. The number of nitrogen functional groups attached to an aromatic ring is 1. The monoisotopic (exact) mass is 439 g/mol. The summed E-state index contributed by atoms with van der Waals surface area (Å²) in [4.78, 5) is 16.8. The molecule has 4 heterocycles. The Morgan fingerprint density at radius 1 is 1.03 bits per heavy atom. The van der Waals surface area contributed by atoms with Gasteiger partial charge in [-0.3, -0.25) is 9.47 Å². The minimum atomic E-state index is 0.00753. The molecule has 33 heavy (non-hydrogen) atoms. The van der Waals surface area contributed by atoms with Crippen molar-refractivity contribution in [2.45, 2.75) is 31.5 Å². The Hall–Kier alpha value is -3.55. The Bertz CT molecular complexity index is 1260. The van der Waals surface area contributed by atoms with Crippen LogP contribution in [0.25, 0.3) is 33.8 Å². The highest BCUT2D eigenvalue weighted by molar-refractivity contribution is 5.82. The average Bonchev–Trinajstić information content (AvgIpc) is 3.22. The smallest absolute Gasteiger partial charge is 0.162 e. The second-order valence-electron chi connectivity index (χ2n) is 8.53. The first-order valence-electron chi connectivity index (χ1n) is 11.4. The largest absolute Gasteiger partial charge is 0.383 e. The van der Waals surface area contributed by atoms with E-state index in [9.17, 15) is 0 Å². The third-order valence-electron chi connectivity index (χ3n) is 6.36. The lowest BCUT2D eigenvalue weighted by atomic mass is 10.0. The van der Waals surface area contributed by atoms with Crippen LogP contribution < -0.4 is 11.5 Å². The predicted molar refractivity (Wildman–Crippen MR) is 133 cm³/mol. The van der Waals surface area contributed by atoms with Gasteiger partial charge >= 0.3 is 0 Å². The van der Waals surface area contributed by atoms with Crippen LogP contribution in [0.1, 0.15) is 25.4 Å². The lowest BCUT2D eigenvalue weighted by molar-refractivity contribution is 0.111. The van der Waals surface area contributed by atoms with Gasteiger partial charge in [-0.15, -0.1) is 6.58 Å². The van der Waals surface area contributed by atoms with Crippen LogP contribution in [-0.4, -0.2) is 43.6 Å². The molecule has 0 spiro atoms. The fourth-order valence-corrected chi connectivity index (χ4v) is 4.61. The molecule has 0 radical (unpaired) electrons. The molecule has 3 aromatic heterocycles. The molecule has 4 aromatic rings. The zero-order valence-corrected chi connectivity index (χ0v) is 18.6. The summed E-state index contributed by atoms with van der Waals surface area (Å²) >= 11 is 0. The molecule has 1 saturated heterocycles. The van der Waals surface area contributed by atoms with E-state index in [1.165, 1.54) is 0 Å². The van der Waals surface area contributed by atoms with E-state index in [4.69, 9.17) is 21.4 Å². The van der Waals surface area contributed by atoms with E-state index in [0.717, 1.165) is 66.2 Å². The number of anilines is 1. The predicted octanol–water partition coefficient (Wildman–Crippen LogP) is 4.24. The number of aromatic nitrogens is 4. The lowest BCUT2D eigenvalue weighted by Gasteiger charge is -2.37. The lowest BCUT2D eigenvalue weighted by Crippen LogP contribution is -2.43. The zero-order valence-electron chi connectivity index (χ0n) is 18.6. The van der Waals surface area contributed by atoms with Crippen LogP contribution in [0.3, 0.4) is 0 Å². The molecule has 0 bridgehead atoms. The first-order chi connectivity index (χ1) is 16.2.